The predicted molar refractivity (Wildman–Crippen MR) is 94.1 cm³/mol. The molecule has 0 radical (unpaired) electrons. The zero-order valence-corrected chi connectivity index (χ0v) is 14.5. The predicted octanol–water partition coefficient (Wildman–Crippen LogP) is 3.59. The van der Waals surface area contributed by atoms with E-state index in [0.29, 0.717) is 34.8 Å². The average molecular weight is 341 g/mol. The number of hydrogen-bond donors (Lipinski definition) is 2. The fourth-order valence-electron chi connectivity index (χ4n) is 2.29. The molecule has 0 saturated carbocycles. The summed E-state index contributed by atoms with van der Waals surface area (Å²) in [6.45, 7) is 3.71. The van der Waals surface area contributed by atoms with Crippen molar-refractivity contribution >= 4 is 23.3 Å². The van der Waals surface area contributed by atoms with Gasteiger partial charge in [0.1, 0.15) is 11.6 Å². The summed E-state index contributed by atoms with van der Waals surface area (Å²) in [7, 11) is 3.20. The molecule has 130 valence electrons. The second-order valence-corrected chi connectivity index (χ2v) is 5.36. The lowest BCUT2D eigenvalue weighted by atomic mass is 10.2. The van der Waals surface area contributed by atoms with Crippen molar-refractivity contribution in [3.63, 3.8) is 0 Å². The molecular weight excluding hydrogens is 322 g/mol. The van der Waals surface area contributed by atoms with Gasteiger partial charge in [-0.15, -0.1) is 0 Å². The number of aryl methyl sites for hydroxylation is 2. The maximum atomic E-state index is 5.31. The largest absolute Gasteiger partial charge is 0.493 e. The van der Waals surface area contributed by atoms with Crippen LogP contribution in [0.4, 0.5) is 23.3 Å². The van der Waals surface area contributed by atoms with Crippen molar-refractivity contribution < 1.29 is 14.0 Å². The second kappa shape index (κ2) is 7.08. The molecule has 0 saturated heterocycles. The Labute approximate surface area is 145 Å². The Morgan fingerprint density at radius 2 is 1.68 bits per heavy atom. The van der Waals surface area contributed by atoms with Gasteiger partial charge in [0.05, 0.1) is 14.2 Å². The summed E-state index contributed by atoms with van der Waals surface area (Å²) in [5.74, 6) is 3.63. The van der Waals surface area contributed by atoms with Gasteiger partial charge in [0.25, 0.3) is 0 Å². The van der Waals surface area contributed by atoms with Gasteiger partial charge in [0.2, 0.25) is 5.95 Å². The molecule has 0 spiro atoms. The molecule has 0 bridgehead atoms. The number of benzene rings is 1. The molecule has 0 unspecified atom stereocenters. The number of methoxy groups -OCH3 is 2. The normalized spacial score (nSPS) is 10.4. The molecule has 8 nitrogen and oxygen atoms in total. The van der Waals surface area contributed by atoms with Crippen LogP contribution in [0.25, 0.3) is 0 Å². The molecule has 3 rings (SSSR count). The Bertz CT molecular complexity index is 878. The van der Waals surface area contributed by atoms with E-state index in [0.717, 1.165) is 11.4 Å². The van der Waals surface area contributed by atoms with Crippen molar-refractivity contribution in [3.05, 3.63) is 41.8 Å². The summed E-state index contributed by atoms with van der Waals surface area (Å²) in [5.41, 5.74) is 1.62. The Morgan fingerprint density at radius 3 is 2.36 bits per heavy atom. The summed E-state index contributed by atoms with van der Waals surface area (Å²) < 4.78 is 15.6. The van der Waals surface area contributed by atoms with Gasteiger partial charge in [-0.25, -0.2) is 4.98 Å². The molecule has 2 heterocycles. The highest BCUT2D eigenvalue weighted by molar-refractivity contribution is 5.63. The molecule has 0 aliphatic carbocycles. The maximum Gasteiger partial charge on any atom is 0.230 e. The van der Waals surface area contributed by atoms with Crippen LogP contribution < -0.4 is 20.1 Å². The molecule has 0 aliphatic heterocycles. The quantitative estimate of drug-likeness (QED) is 0.702. The van der Waals surface area contributed by atoms with Crippen molar-refractivity contribution in [2.45, 2.75) is 13.8 Å². The van der Waals surface area contributed by atoms with Crippen LogP contribution in [-0.4, -0.2) is 29.3 Å². The van der Waals surface area contributed by atoms with Gasteiger partial charge in [-0.05, 0) is 26.0 Å². The lowest BCUT2D eigenvalue weighted by Crippen LogP contribution is -2.02. The number of anilines is 4. The van der Waals surface area contributed by atoms with Crippen LogP contribution in [0.5, 0.6) is 11.5 Å². The molecule has 2 N–H and O–H groups in total. The standard InChI is InChI=1S/C17H19N5O3/c1-10-7-15(19-12-5-6-13(23-3)14(9-12)24-4)20-17(18-10)21-16-8-11(2)25-22-16/h5-9H,1-4H3,(H2,18,19,20,21,22). The maximum absolute atomic E-state index is 5.31. The van der Waals surface area contributed by atoms with Gasteiger partial charge in [-0.2, -0.15) is 4.98 Å². The van der Waals surface area contributed by atoms with E-state index in [4.69, 9.17) is 14.0 Å². The highest BCUT2D eigenvalue weighted by Gasteiger charge is 2.08. The summed E-state index contributed by atoms with van der Waals surface area (Å²) in [6, 6.07) is 9.16. The number of hydrogen-bond acceptors (Lipinski definition) is 8. The van der Waals surface area contributed by atoms with Crippen LogP contribution in [0.2, 0.25) is 0 Å². The SMILES string of the molecule is COc1ccc(Nc2cc(C)nc(Nc3cc(C)on3)n2)cc1OC. The van der Waals surface area contributed by atoms with Crippen LogP contribution in [0, 0.1) is 13.8 Å². The first-order valence-corrected chi connectivity index (χ1v) is 7.62. The van der Waals surface area contributed by atoms with Crippen LogP contribution >= 0.6 is 0 Å². The number of rotatable bonds is 6. The topological polar surface area (TPSA) is 94.3 Å². The third-order valence-electron chi connectivity index (χ3n) is 3.38. The van der Waals surface area contributed by atoms with E-state index in [1.54, 1.807) is 20.3 Å². The van der Waals surface area contributed by atoms with E-state index in [-0.39, 0.29) is 0 Å². The molecule has 1 aromatic carbocycles. The summed E-state index contributed by atoms with van der Waals surface area (Å²) in [5, 5.41) is 10.1. The summed E-state index contributed by atoms with van der Waals surface area (Å²) in [4.78, 5) is 8.80. The van der Waals surface area contributed by atoms with Crippen LogP contribution in [-0.2, 0) is 0 Å². The van der Waals surface area contributed by atoms with Crippen LogP contribution in [0.1, 0.15) is 11.5 Å². The van der Waals surface area contributed by atoms with Gasteiger partial charge < -0.3 is 24.6 Å². The highest BCUT2D eigenvalue weighted by Crippen LogP contribution is 2.31. The molecule has 25 heavy (non-hydrogen) atoms. The lowest BCUT2D eigenvalue weighted by molar-refractivity contribution is 0.355. The molecule has 0 amide bonds. The minimum absolute atomic E-state index is 0.427. The van der Waals surface area contributed by atoms with E-state index >= 15 is 0 Å². The fraction of sp³-hybridized carbons (Fsp3) is 0.235. The monoisotopic (exact) mass is 341 g/mol. The molecular formula is C17H19N5O3. The number of ether oxygens (including phenoxy) is 2. The van der Waals surface area contributed by atoms with Gasteiger partial charge in [-0.3, -0.25) is 0 Å². The second-order valence-electron chi connectivity index (χ2n) is 5.36. The molecule has 8 heteroatoms. The zero-order valence-electron chi connectivity index (χ0n) is 14.5. The van der Waals surface area contributed by atoms with Gasteiger partial charge in [0, 0.05) is 29.6 Å². The molecule has 2 aromatic heterocycles. The van der Waals surface area contributed by atoms with E-state index in [9.17, 15) is 0 Å². The summed E-state index contributed by atoms with van der Waals surface area (Å²) in [6.07, 6.45) is 0. The highest BCUT2D eigenvalue weighted by atomic mass is 16.5. The third kappa shape index (κ3) is 3.97. The first kappa shape index (κ1) is 16.6. The Balaban J connectivity index is 1.83. The molecule has 3 aromatic rings. The first-order valence-electron chi connectivity index (χ1n) is 7.62. The van der Waals surface area contributed by atoms with Crippen molar-refractivity contribution in [2.24, 2.45) is 0 Å². The lowest BCUT2D eigenvalue weighted by Gasteiger charge is -2.12. The fourth-order valence-corrected chi connectivity index (χ4v) is 2.29. The first-order chi connectivity index (χ1) is 12.1. The van der Waals surface area contributed by atoms with Crippen LogP contribution in [0.15, 0.2) is 34.9 Å². The van der Waals surface area contributed by atoms with Gasteiger partial charge in [-0.1, -0.05) is 5.16 Å². The average Bonchev–Trinajstić information content (AvgIpc) is 2.99. The zero-order chi connectivity index (χ0) is 17.8. The van der Waals surface area contributed by atoms with E-state index in [1.807, 2.05) is 38.1 Å². The smallest absolute Gasteiger partial charge is 0.230 e. The number of nitrogens with zero attached hydrogens (tertiary/aromatic N) is 3. The Hall–Kier alpha value is -3.29. The van der Waals surface area contributed by atoms with E-state index in [2.05, 4.69) is 25.8 Å². The van der Waals surface area contributed by atoms with E-state index < -0.39 is 0 Å². The molecule has 0 atom stereocenters. The molecule has 0 aliphatic rings. The minimum atomic E-state index is 0.427. The Kier molecular flexibility index (Phi) is 4.69. The van der Waals surface area contributed by atoms with Crippen molar-refractivity contribution in [3.8, 4) is 11.5 Å². The number of nitrogens with one attached hydrogen (secondary N) is 2. The van der Waals surface area contributed by atoms with Crippen molar-refractivity contribution in [1.82, 2.24) is 15.1 Å². The van der Waals surface area contributed by atoms with Crippen LogP contribution in [0.3, 0.4) is 0 Å². The third-order valence-corrected chi connectivity index (χ3v) is 3.38. The van der Waals surface area contributed by atoms with Gasteiger partial charge in [0.15, 0.2) is 17.3 Å². The Morgan fingerprint density at radius 1 is 0.880 bits per heavy atom. The molecule has 0 fully saturated rings. The summed E-state index contributed by atoms with van der Waals surface area (Å²) >= 11 is 0. The van der Waals surface area contributed by atoms with Crippen molar-refractivity contribution in [2.75, 3.05) is 24.9 Å². The van der Waals surface area contributed by atoms with Crippen molar-refractivity contribution in [1.29, 1.82) is 0 Å². The van der Waals surface area contributed by atoms with E-state index in [1.165, 1.54) is 0 Å². The number of aromatic nitrogens is 3. The van der Waals surface area contributed by atoms with Gasteiger partial charge >= 0.3 is 0 Å². The minimum Gasteiger partial charge on any atom is -0.493 e.